The lowest BCUT2D eigenvalue weighted by Gasteiger charge is -2.00. The fraction of sp³-hybridized carbons (Fsp3) is 0. The molecule has 1 aliphatic heterocycles. The van der Waals surface area contributed by atoms with E-state index in [9.17, 15) is 9.90 Å². The molecule has 1 N–H and O–H groups in total. The van der Waals surface area contributed by atoms with Crippen LogP contribution in [0, 0.1) is 0 Å². The van der Waals surface area contributed by atoms with Crippen molar-refractivity contribution in [1.29, 1.82) is 0 Å². The van der Waals surface area contributed by atoms with E-state index in [1.807, 2.05) is 18.2 Å². The first-order chi connectivity index (χ1) is 9.15. The lowest BCUT2D eigenvalue weighted by Crippen LogP contribution is -2.00. The zero-order valence-corrected chi connectivity index (χ0v) is 10.5. The summed E-state index contributed by atoms with van der Waals surface area (Å²) in [6.07, 6.45) is 1.66. The lowest BCUT2D eigenvalue weighted by atomic mass is 10.0. The van der Waals surface area contributed by atoms with E-state index in [2.05, 4.69) is 0 Å². The van der Waals surface area contributed by atoms with Crippen LogP contribution in [0.1, 0.15) is 11.1 Å². The molecule has 3 nitrogen and oxygen atoms in total. The molecule has 94 valence electrons. The van der Waals surface area contributed by atoms with E-state index < -0.39 is 5.97 Å². The number of carbonyl (C=O) groups is 1. The van der Waals surface area contributed by atoms with Crippen molar-refractivity contribution in [2.75, 3.05) is 0 Å². The highest BCUT2D eigenvalue weighted by Gasteiger charge is 2.27. The second kappa shape index (κ2) is 4.44. The van der Waals surface area contributed by atoms with Crippen LogP contribution in [0.2, 0.25) is 5.02 Å². The van der Waals surface area contributed by atoms with Gasteiger partial charge in [0.1, 0.15) is 11.5 Å². The molecule has 0 fully saturated rings. The van der Waals surface area contributed by atoms with E-state index >= 15 is 0 Å². The van der Waals surface area contributed by atoms with Crippen LogP contribution in [0.4, 0.5) is 0 Å². The van der Waals surface area contributed by atoms with E-state index in [1.54, 1.807) is 18.2 Å². The standard InChI is InChI=1S/C15H9ClO3/c16-13-4-2-1-3-9(13)7-12-11-8-10(17)5-6-14(11)19-15(12)18/h1-8,17H/b12-7-. The van der Waals surface area contributed by atoms with Gasteiger partial charge in [-0.1, -0.05) is 29.8 Å². The lowest BCUT2D eigenvalue weighted by molar-refractivity contribution is -0.126. The van der Waals surface area contributed by atoms with Gasteiger partial charge in [-0.3, -0.25) is 0 Å². The van der Waals surface area contributed by atoms with Gasteiger partial charge in [-0.25, -0.2) is 4.79 Å². The predicted molar refractivity (Wildman–Crippen MR) is 73.1 cm³/mol. The first-order valence-electron chi connectivity index (χ1n) is 5.67. The van der Waals surface area contributed by atoms with Gasteiger partial charge in [0.25, 0.3) is 0 Å². The van der Waals surface area contributed by atoms with Gasteiger partial charge >= 0.3 is 5.97 Å². The van der Waals surface area contributed by atoms with E-state index in [0.29, 0.717) is 21.9 Å². The molecule has 0 saturated carbocycles. The molecule has 1 heterocycles. The number of carbonyl (C=O) groups excluding carboxylic acids is 1. The summed E-state index contributed by atoms with van der Waals surface area (Å²) < 4.78 is 5.13. The first-order valence-corrected chi connectivity index (χ1v) is 6.05. The summed E-state index contributed by atoms with van der Waals surface area (Å²) in [6.45, 7) is 0. The zero-order chi connectivity index (χ0) is 13.4. The molecule has 19 heavy (non-hydrogen) atoms. The van der Waals surface area contributed by atoms with Crippen molar-refractivity contribution in [3.63, 3.8) is 0 Å². The van der Waals surface area contributed by atoms with Crippen LogP contribution in [-0.4, -0.2) is 11.1 Å². The highest BCUT2D eigenvalue weighted by Crippen LogP contribution is 2.38. The molecule has 1 aliphatic rings. The van der Waals surface area contributed by atoms with Gasteiger partial charge in [-0.2, -0.15) is 0 Å². The largest absolute Gasteiger partial charge is 0.508 e. The average Bonchev–Trinajstić information content (AvgIpc) is 2.69. The number of halogens is 1. The SMILES string of the molecule is O=C1Oc2ccc(O)cc2/C1=C/c1ccccc1Cl. The van der Waals surface area contributed by atoms with Crippen molar-refractivity contribution in [2.45, 2.75) is 0 Å². The Labute approximate surface area is 114 Å². The molecular formula is C15H9ClO3. The van der Waals surface area contributed by atoms with Crippen molar-refractivity contribution in [3.8, 4) is 11.5 Å². The number of hydrogen-bond acceptors (Lipinski definition) is 3. The molecule has 0 amide bonds. The van der Waals surface area contributed by atoms with Gasteiger partial charge < -0.3 is 9.84 Å². The number of aromatic hydroxyl groups is 1. The molecule has 0 unspecified atom stereocenters. The van der Waals surface area contributed by atoms with Crippen molar-refractivity contribution in [3.05, 3.63) is 58.6 Å². The molecule has 3 rings (SSSR count). The second-order valence-electron chi connectivity index (χ2n) is 4.15. The van der Waals surface area contributed by atoms with Crippen molar-refractivity contribution in [2.24, 2.45) is 0 Å². The Balaban J connectivity index is 2.14. The number of phenolic OH excluding ortho intramolecular Hbond substituents is 1. The normalized spacial score (nSPS) is 15.4. The van der Waals surface area contributed by atoms with Crippen LogP contribution in [0.25, 0.3) is 11.6 Å². The highest BCUT2D eigenvalue weighted by molar-refractivity contribution is 6.33. The average molecular weight is 273 g/mol. The minimum absolute atomic E-state index is 0.0853. The number of esters is 1. The Morgan fingerprint density at radius 1 is 1.16 bits per heavy atom. The number of ether oxygens (including phenoxy) is 1. The Kier molecular flexibility index (Phi) is 2.76. The summed E-state index contributed by atoms with van der Waals surface area (Å²) in [5.74, 6) is 0.0868. The fourth-order valence-corrected chi connectivity index (χ4v) is 2.16. The Hall–Kier alpha value is -2.26. The fourth-order valence-electron chi connectivity index (χ4n) is 1.97. The molecule has 0 saturated heterocycles. The van der Waals surface area contributed by atoms with E-state index in [0.717, 1.165) is 5.56 Å². The van der Waals surface area contributed by atoms with E-state index in [1.165, 1.54) is 12.1 Å². The third-order valence-electron chi connectivity index (χ3n) is 2.88. The number of rotatable bonds is 1. The summed E-state index contributed by atoms with van der Waals surface area (Å²) in [7, 11) is 0. The van der Waals surface area contributed by atoms with Gasteiger partial charge in [0.15, 0.2) is 0 Å². The minimum atomic E-state index is -0.444. The third kappa shape index (κ3) is 2.09. The summed E-state index contributed by atoms with van der Waals surface area (Å²) >= 11 is 6.06. The molecule has 0 atom stereocenters. The first kappa shape index (κ1) is 11.8. The molecule has 0 spiro atoms. The van der Waals surface area contributed by atoms with Crippen LogP contribution in [0.15, 0.2) is 42.5 Å². The number of phenols is 1. The summed E-state index contributed by atoms with van der Waals surface area (Å²) in [5.41, 5.74) is 1.69. The van der Waals surface area contributed by atoms with Gasteiger partial charge in [0, 0.05) is 10.6 Å². The maximum absolute atomic E-state index is 11.8. The summed E-state index contributed by atoms with van der Waals surface area (Å²) in [5, 5.41) is 10.1. The quantitative estimate of drug-likeness (QED) is 0.491. The van der Waals surface area contributed by atoms with Crippen LogP contribution >= 0.6 is 11.6 Å². The molecule has 0 aromatic heterocycles. The summed E-state index contributed by atoms with van der Waals surface area (Å²) in [4.78, 5) is 11.8. The number of benzene rings is 2. The highest BCUT2D eigenvalue weighted by atomic mass is 35.5. The Morgan fingerprint density at radius 2 is 1.95 bits per heavy atom. The van der Waals surface area contributed by atoms with Gasteiger partial charge in [-0.05, 0) is 35.9 Å². The number of hydrogen-bond donors (Lipinski definition) is 1. The smallest absolute Gasteiger partial charge is 0.344 e. The number of fused-ring (bicyclic) bond motifs is 1. The molecule has 2 aromatic rings. The van der Waals surface area contributed by atoms with Gasteiger partial charge in [0.05, 0.1) is 5.57 Å². The minimum Gasteiger partial charge on any atom is -0.508 e. The third-order valence-corrected chi connectivity index (χ3v) is 3.23. The second-order valence-corrected chi connectivity index (χ2v) is 4.56. The topological polar surface area (TPSA) is 46.5 Å². The van der Waals surface area contributed by atoms with Crippen LogP contribution < -0.4 is 4.74 Å². The monoisotopic (exact) mass is 272 g/mol. The zero-order valence-electron chi connectivity index (χ0n) is 9.76. The molecule has 0 aliphatic carbocycles. The van der Waals surface area contributed by atoms with Crippen molar-refractivity contribution in [1.82, 2.24) is 0 Å². The maximum Gasteiger partial charge on any atom is 0.344 e. The Morgan fingerprint density at radius 3 is 2.74 bits per heavy atom. The van der Waals surface area contributed by atoms with Gasteiger partial charge in [-0.15, -0.1) is 0 Å². The molecule has 4 heteroatoms. The van der Waals surface area contributed by atoms with E-state index in [-0.39, 0.29) is 5.75 Å². The van der Waals surface area contributed by atoms with E-state index in [4.69, 9.17) is 16.3 Å². The molecule has 0 radical (unpaired) electrons. The molecule has 0 bridgehead atoms. The predicted octanol–water partition coefficient (Wildman–Crippen LogP) is 3.51. The van der Waals surface area contributed by atoms with Crippen LogP contribution in [0.5, 0.6) is 11.5 Å². The van der Waals surface area contributed by atoms with Crippen LogP contribution in [-0.2, 0) is 4.79 Å². The van der Waals surface area contributed by atoms with Crippen LogP contribution in [0.3, 0.4) is 0 Å². The Bertz CT molecular complexity index is 704. The van der Waals surface area contributed by atoms with Gasteiger partial charge in [0.2, 0.25) is 0 Å². The van der Waals surface area contributed by atoms with Crippen molar-refractivity contribution < 1.29 is 14.6 Å². The molecule has 2 aromatic carbocycles. The molecular weight excluding hydrogens is 264 g/mol. The van der Waals surface area contributed by atoms with Crippen molar-refractivity contribution >= 4 is 29.2 Å². The summed E-state index contributed by atoms with van der Waals surface area (Å²) in [6, 6.07) is 11.8. The maximum atomic E-state index is 11.8.